The smallest absolute Gasteiger partial charge is 0.142 e. The lowest BCUT2D eigenvalue weighted by Crippen LogP contribution is -2.34. The third-order valence-corrected chi connectivity index (χ3v) is 5.07. The zero-order valence-corrected chi connectivity index (χ0v) is 12.0. The van der Waals surface area contributed by atoms with E-state index in [0.29, 0.717) is 6.04 Å². The minimum absolute atomic E-state index is 0.285. The monoisotopic (exact) mass is 282 g/mol. The summed E-state index contributed by atoms with van der Waals surface area (Å²) >= 11 is 6.07. The van der Waals surface area contributed by atoms with Gasteiger partial charge in [-0.1, -0.05) is 30.7 Å². The maximum absolute atomic E-state index is 13.5. The second-order valence-corrected chi connectivity index (χ2v) is 6.08. The molecule has 3 rings (SSSR count). The molecule has 2 nitrogen and oxygen atoms in total. The largest absolute Gasteiger partial charge is 0.316 e. The molecule has 2 aliphatic heterocycles. The normalized spacial score (nSPS) is 30.8. The molecule has 2 heterocycles. The Bertz CT molecular complexity index is 465. The molecule has 0 spiro atoms. The van der Waals surface area contributed by atoms with E-state index >= 15 is 0 Å². The van der Waals surface area contributed by atoms with Gasteiger partial charge in [0, 0.05) is 19.1 Å². The summed E-state index contributed by atoms with van der Waals surface area (Å²) in [5.74, 6) is 1.18. The first kappa shape index (κ1) is 13.3. The van der Waals surface area contributed by atoms with E-state index in [4.69, 9.17) is 11.6 Å². The SMILES string of the molecule is CCC1C2CNCC2CN1Cc1cccc(F)c1Cl. The minimum Gasteiger partial charge on any atom is -0.316 e. The highest BCUT2D eigenvalue weighted by Crippen LogP contribution is 2.36. The van der Waals surface area contributed by atoms with Crippen LogP contribution in [0, 0.1) is 17.7 Å². The standard InChI is InChI=1S/C15H20ClFN2/c1-2-14-12-7-18-6-11(12)9-19(14)8-10-4-3-5-13(17)15(10)16/h3-5,11-12,14,18H,2,6-9H2,1H3. The molecule has 0 saturated carbocycles. The van der Waals surface area contributed by atoms with Gasteiger partial charge >= 0.3 is 0 Å². The molecule has 2 aliphatic rings. The first-order valence-corrected chi connectivity index (χ1v) is 7.46. The molecule has 0 aromatic heterocycles. The molecule has 1 aromatic rings. The van der Waals surface area contributed by atoms with E-state index < -0.39 is 0 Å². The van der Waals surface area contributed by atoms with Crippen molar-refractivity contribution in [2.45, 2.75) is 25.9 Å². The highest BCUT2D eigenvalue weighted by molar-refractivity contribution is 6.31. The fraction of sp³-hybridized carbons (Fsp3) is 0.600. The topological polar surface area (TPSA) is 15.3 Å². The molecule has 1 N–H and O–H groups in total. The molecule has 2 saturated heterocycles. The predicted octanol–water partition coefficient (Wildman–Crippen LogP) is 2.91. The van der Waals surface area contributed by atoms with Gasteiger partial charge in [-0.15, -0.1) is 0 Å². The Balaban J connectivity index is 1.78. The van der Waals surface area contributed by atoms with Crippen LogP contribution in [-0.4, -0.2) is 30.6 Å². The summed E-state index contributed by atoms with van der Waals surface area (Å²) in [6.45, 7) is 6.35. The summed E-state index contributed by atoms with van der Waals surface area (Å²) in [5.41, 5.74) is 0.910. The van der Waals surface area contributed by atoms with Crippen LogP contribution in [0.25, 0.3) is 0 Å². The van der Waals surface area contributed by atoms with Gasteiger partial charge in [0.1, 0.15) is 5.82 Å². The van der Waals surface area contributed by atoms with Gasteiger partial charge in [-0.3, -0.25) is 4.90 Å². The van der Waals surface area contributed by atoms with Crippen LogP contribution in [0.15, 0.2) is 18.2 Å². The molecular weight excluding hydrogens is 263 g/mol. The Morgan fingerprint density at radius 2 is 2.26 bits per heavy atom. The van der Waals surface area contributed by atoms with Gasteiger partial charge in [0.2, 0.25) is 0 Å². The Labute approximate surface area is 118 Å². The van der Waals surface area contributed by atoms with E-state index in [-0.39, 0.29) is 10.8 Å². The second kappa shape index (κ2) is 5.39. The molecule has 0 bridgehead atoms. The number of nitrogens with one attached hydrogen (secondary N) is 1. The van der Waals surface area contributed by atoms with Gasteiger partial charge in [0.05, 0.1) is 5.02 Å². The molecule has 3 atom stereocenters. The first-order chi connectivity index (χ1) is 9.20. The Morgan fingerprint density at radius 1 is 1.42 bits per heavy atom. The van der Waals surface area contributed by atoms with Crippen LogP contribution in [0.3, 0.4) is 0 Å². The van der Waals surface area contributed by atoms with Crippen LogP contribution >= 0.6 is 11.6 Å². The van der Waals surface area contributed by atoms with E-state index in [9.17, 15) is 4.39 Å². The summed E-state index contributed by atoms with van der Waals surface area (Å²) in [4.78, 5) is 2.48. The molecule has 1 aromatic carbocycles. The van der Waals surface area contributed by atoms with Crippen LogP contribution in [0.4, 0.5) is 4.39 Å². The zero-order valence-electron chi connectivity index (χ0n) is 11.2. The lowest BCUT2D eigenvalue weighted by atomic mass is 9.93. The summed E-state index contributed by atoms with van der Waals surface area (Å²) in [6.07, 6.45) is 1.15. The van der Waals surface area contributed by atoms with Crippen LogP contribution in [-0.2, 0) is 6.54 Å². The molecule has 0 radical (unpaired) electrons. The van der Waals surface area contributed by atoms with Crippen LogP contribution in [0.1, 0.15) is 18.9 Å². The molecule has 4 heteroatoms. The van der Waals surface area contributed by atoms with Crippen molar-refractivity contribution in [1.29, 1.82) is 0 Å². The van der Waals surface area contributed by atoms with E-state index in [1.165, 1.54) is 6.07 Å². The first-order valence-electron chi connectivity index (χ1n) is 7.08. The summed E-state index contributed by atoms with van der Waals surface area (Å²) in [5, 5.41) is 3.77. The van der Waals surface area contributed by atoms with E-state index in [1.54, 1.807) is 6.07 Å². The summed E-state index contributed by atoms with van der Waals surface area (Å²) in [7, 11) is 0. The number of likely N-dealkylation sites (tertiary alicyclic amines) is 1. The minimum atomic E-state index is -0.312. The summed E-state index contributed by atoms with van der Waals surface area (Å²) < 4.78 is 13.5. The highest BCUT2D eigenvalue weighted by atomic mass is 35.5. The molecule has 3 unspecified atom stereocenters. The van der Waals surface area contributed by atoms with Gasteiger partial charge in [-0.2, -0.15) is 0 Å². The van der Waals surface area contributed by atoms with Crippen molar-refractivity contribution < 1.29 is 4.39 Å². The molecular formula is C15H20ClFN2. The Hall–Kier alpha value is -0.640. The van der Waals surface area contributed by atoms with Crippen molar-refractivity contribution in [3.63, 3.8) is 0 Å². The van der Waals surface area contributed by atoms with Gasteiger partial charge in [0.25, 0.3) is 0 Å². The number of hydrogen-bond acceptors (Lipinski definition) is 2. The molecule has 2 fully saturated rings. The average molecular weight is 283 g/mol. The number of fused-ring (bicyclic) bond motifs is 1. The van der Waals surface area contributed by atoms with Crippen LogP contribution < -0.4 is 5.32 Å². The molecule has 19 heavy (non-hydrogen) atoms. The molecule has 104 valence electrons. The van der Waals surface area contributed by atoms with E-state index in [1.807, 2.05) is 6.07 Å². The van der Waals surface area contributed by atoms with Crippen molar-refractivity contribution in [2.24, 2.45) is 11.8 Å². The van der Waals surface area contributed by atoms with Gasteiger partial charge in [-0.25, -0.2) is 4.39 Å². The number of benzene rings is 1. The second-order valence-electron chi connectivity index (χ2n) is 5.70. The van der Waals surface area contributed by atoms with E-state index in [2.05, 4.69) is 17.1 Å². The average Bonchev–Trinajstić information content (AvgIpc) is 2.95. The Kier molecular flexibility index (Phi) is 3.79. The van der Waals surface area contributed by atoms with Gasteiger partial charge in [0.15, 0.2) is 0 Å². The maximum atomic E-state index is 13.5. The fourth-order valence-electron chi connectivity index (χ4n) is 3.74. The zero-order chi connectivity index (χ0) is 13.4. The maximum Gasteiger partial charge on any atom is 0.142 e. The quantitative estimate of drug-likeness (QED) is 0.917. The Morgan fingerprint density at radius 3 is 3.05 bits per heavy atom. The third kappa shape index (κ3) is 2.39. The van der Waals surface area contributed by atoms with Crippen LogP contribution in [0.2, 0.25) is 5.02 Å². The number of rotatable bonds is 3. The van der Waals surface area contributed by atoms with E-state index in [0.717, 1.165) is 50.0 Å². The number of nitrogens with zero attached hydrogens (tertiary/aromatic N) is 1. The van der Waals surface area contributed by atoms with Crippen molar-refractivity contribution in [3.8, 4) is 0 Å². The van der Waals surface area contributed by atoms with Crippen molar-refractivity contribution >= 4 is 11.6 Å². The van der Waals surface area contributed by atoms with Gasteiger partial charge < -0.3 is 5.32 Å². The molecule has 0 aliphatic carbocycles. The molecule has 0 amide bonds. The predicted molar refractivity (Wildman–Crippen MR) is 75.7 cm³/mol. The van der Waals surface area contributed by atoms with Crippen molar-refractivity contribution in [2.75, 3.05) is 19.6 Å². The van der Waals surface area contributed by atoms with Crippen molar-refractivity contribution in [1.82, 2.24) is 10.2 Å². The number of halogens is 2. The van der Waals surface area contributed by atoms with Crippen molar-refractivity contribution in [3.05, 3.63) is 34.6 Å². The van der Waals surface area contributed by atoms with Gasteiger partial charge in [-0.05, 0) is 43.0 Å². The lowest BCUT2D eigenvalue weighted by Gasteiger charge is -2.27. The number of hydrogen-bond donors (Lipinski definition) is 1. The third-order valence-electron chi connectivity index (χ3n) is 4.65. The lowest BCUT2D eigenvalue weighted by molar-refractivity contribution is 0.210. The summed E-state index contributed by atoms with van der Waals surface area (Å²) in [6, 6.07) is 5.70. The highest BCUT2D eigenvalue weighted by Gasteiger charge is 2.42. The fourth-order valence-corrected chi connectivity index (χ4v) is 3.93. The van der Waals surface area contributed by atoms with Crippen LogP contribution in [0.5, 0.6) is 0 Å².